The van der Waals surface area contributed by atoms with Crippen molar-refractivity contribution in [1.29, 1.82) is 5.26 Å². The molecular formula is C14H13N5. The van der Waals surface area contributed by atoms with Gasteiger partial charge in [0.2, 0.25) is 0 Å². The van der Waals surface area contributed by atoms with E-state index in [0.29, 0.717) is 6.42 Å². The lowest BCUT2D eigenvalue weighted by atomic mass is 10.3. The minimum atomic E-state index is 0.332. The summed E-state index contributed by atoms with van der Waals surface area (Å²) in [6, 6.07) is 10.1. The number of aromatic nitrogens is 4. The first-order valence-corrected chi connectivity index (χ1v) is 6.15. The first-order valence-electron chi connectivity index (χ1n) is 6.15. The Balaban J connectivity index is 1.95. The maximum atomic E-state index is 8.90. The van der Waals surface area contributed by atoms with Crippen molar-refractivity contribution in [2.24, 2.45) is 0 Å². The van der Waals surface area contributed by atoms with E-state index in [9.17, 15) is 0 Å². The van der Waals surface area contributed by atoms with Gasteiger partial charge in [0, 0.05) is 25.5 Å². The van der Waals surface area contributed by atoms with Crippen LogP contribution in [0, 0.1) is 11.3 Å². The number of fused-ring (bicyclic) bond motifs is 1. The lowest BCUT2D eigenvalue weighted by molar-refractivity contribution is 0.575. The van der Waals surface area contributed by atoms with E-state index in [1.807, 2.05) is 35.0 Å². The predicted molar refractivity (Wildman–Crippen MR) is 71.3 cm³/mol. The van der Waals surface area contributed by atoms with Gasteiger partial charge in [0.05, 0.1) is 29.9 Å². The van der Waals surface area contributed by atoms with Crippen molar-refractivity contribution in [3.05, 3.63) is 48.8 Å². The maximum Gasteiger partial charge on any atom is 0.124 e. The average molecular weight is 251 g/mol. The number of hydrogen-bond donors (Lipinski definition) is 0. The van der Waals surface area contributed by atoms with Crippen molar-refractivity contribution in [3.63, 3.8) is 0 Å². The Bertz CT molecular complexity index is 718. The van der Waals surface area contributed by atoms with E-state index in [-0.39, 0.29) is 0 Å². The molecule has 5 heteroatoms. The minimum Gasteiger partial charge on any atom is -0.336 e. The number of rotatable bonds is 4. The zero-order valence-corrected chi connectivity index (χ0v) is 10.4. The van der Waals surface area contributed by atoms with Crippen LogP contribution in [-0.2, 0) is 19.5 Å². The molecule has 0 aliphatic heterocycles. The van der Waals surface area contributed by atoms with Crippen LogP contribution in [0.5, 0.6) is 0 Å². The molecule has 3 rings (SSSR count). The van der Waals surface area contributed by atoms with Gasteiger partial charge in [-0.05, 0) is 12.1 Å². The van der Waals surface area contributed by atoms with Gasteiger partial charge in [-0.25, -0.2) is 9.97 Å². The molecule has 0 aliphatic carbocycles. The molecule has 1 aromatic carbocycles. The molecule has 0 fully saturated rings. The summed E-state index contributed by atoms with van der Waals surface area (Å²) in [5, 5.41) is 8.90. The molecule has 0 bridgehead atoms. The molecule has 2 heterocycles. The normalized spacial score (nSPS) is 10.7. The highest BCUT2D eigenvalue weighted by atomic mass is 15.1. The predicted octanol–water partition coefficient (Wildman–Crippen LogP) is 2.00. The summed E-state index contributed by atoms with van der Waals surface area (Å²) >= 11 is 0. The summed E-state index contributed by atoms with van der Waals surface area (Å²) in [5.74, 6) is 0.823. The van der Waals surface area contributed by atoms with Gasteiger partial charge in [-0.1, -0.05) is 12.1 Å². The first-order chi connectivity index (χ1) is 9.38. The Morgan fingerprint density at radius 2 is 2.11 bits per heavy atom. The Labute approximate surface area is 110 Å². The first kappa shape index (κ1) is 11.5. The van der Waals surface area contributed by atoms with Crippen LogP contribution in [-0.4, -0.2) is 19.1 Å². The summed E-state index contributed by atoms with van der Waals surface area (Å²) in [5.41, 5.74) is 2.02. The van der Waals surface area contributed by atoms with Gasteiger partial charge in [-0.15, -0.1) is 0 Å². The lowest BCUT2D eigenvalue weighted by Crippen LogP contribution is -2.09. The molecule has 0 spiro atoms. The third-order valence-corrected chi connectivity index (χ3v) is 3.11. The summed E-state index contributed by atoms with van der Waals surface area (Å²) in [7, 11) is 0. The molecular weight excluding hydrogens is 238 g/mol. The molecule has 0 unspecified atom stereocenters. The van der Waals surface area contributed by atoms with Crippen molar-refractivity contribution in [3.8, 4) is 6.07 Å². The third kappa shape index (κ3) is 2.20. The fraction of sp³-hybridized carbons (Fsp3) is 0.214. The smallest absolute Gasteiger partial charge is 0.124 e. The molecule has 2 aromatic heterocycles. The topological polar surface area (TPSA) is 59.4 Å². The molecule has 0 aliphatic rings. The molecule has 5 nitrogen and oxygen atoms in total. The quantitative estimate of drug-likeness (QED) is 0.712. The van der Waals surface area contributed by atoms with Gasteiger partial charge in [-0.2, -0.15) is 5.26 Å². The maximum absolute atomic E-state index is 8.90. The number of hydrogen-bond acceptors (Lipinski definition) is 3. The number of para-hydroxylation sites is 2. The van der Waals surface area contributed by atoms with Gasteiger partial charge in [0.15, 0.2) is 0 Å². The summed E-state index contributed by atoms with van der Waals surface area (Å²) < 4.78 is 4.13. The molecule has 0 saturated carbocycles. The van der Waals surface area contributed by atoms with Crippen LogP contribution in [0.2, 0.25) is 0 Å². The van der Waals surface area contributed by atoms with E-state index in [0.717, 1.165) is 29.9 Å². The third-order valence-electron chi connectivity index (χ3n) is 3.11. The lowest BCUT2D eigenvalue weighted by Gasteiger charge is -2.08. The zero-order valence-electron chi connectivity index (χ0n) is 10.4. The van der Waals surface area contributed by atoms with E-state index < -0.39 is 0 Å². The Morgan fingerprint density at radius 1 is 1.21 bits per heavy atom. The van der Waals surface area contributed by atoms with Gasteiger partial charge < -0.3 is 9.13 Å². The van der Waals surface area contributed by atoms with Crippen LogP contribution < -0.4 is 0 Å². The van der Waals surface area contributed by atoms with Gasteiger partial charge in [0.1, 0.15) is 5.82 Å². The van der Waals surface area contributed by atoms with Gasteiger partial charge in [-0.3, -0.25) is 0 Å². The Morgan fingerprint density at radius 3 is 2.89 bits per heavy atom. The van der Waals surface area contributed by atoms with E-state index in [1.54, 1.807) is 12.5 Å². The standard InChI is InChI=1S/C14H13N5/c15-6-5-14-17-12-3-1-2-4-13(12)19(14)10-9-18-8-7-16-11-18/h1-4,7-8,11H,5,9-10H2. The highest BCUT2D eigenvalue weighted by Gasteiger charge is 2.09. The number of aryl methyl sites for hydroxylation is 2. The Kier molecular flexibility index (Phi) is 2.99. The largest absolute Gasteiger partial charge is 0.336 e. The zero-order chi connectivity index (χ0) is 13.1. The SMILES string of the molecule is N#CCc1nc2ccccc2n1CCn1ccnc1. The molecule has 0 saturated heterocycles. The number of nitriles is 1. The molecule has 0 radical (unpaired) electrons. The van der Waals surface area contributed by atoms with E-state index >= 15 is 0 Å². The number of benzene rings is 1. The second-order valence-corrected chi connectivity index (χ2v) is 4.30. The number of nitrogens with zero attached hydrogens (tertiary/aromatic N) is 5. The minimum absolute atomic E-state index is 0.332. The fourth-order valence-electron chi connectivity index (χ4n) is 2.22. The monoisotopic (exact) mass is 251 g/mol. The molecule has 3 aromatic rings. The average Bonchev–Trinajstić information content (AvgIpc) is 3.04. The van der Waals surface area contributed by atoms with E-state index in [2.05, 4.69) is 20.6 Å². The van der Waals surface area contributed by atoms with Crippen molar-refractivity contribution < 1.29 is 0 Å². The second-order valence-electron chi connectivity index (χ2n) is 4.30. The van der Waals surface area contributed by atoms with Crippen molar-refractivity contribution >= 4 is 11.0 Å². The molecule has 94 valence electrons. The van der Waals surface area contributed by atoms with Crippen LogP contribution in [0.3, 0.4) is 0 Å². The van der Waals surface area contributed by atoms with Crippen LogP contribution in [0.4, 0.5) is 0 Å². The summed E-state index contributed by atoms with van der Waals surface area (Å²) in [6.45, 7) is 1.60. The summed E-state index contributed by atoms with van der Waals surface area (Å²) in [6.07, 6.45) is 5.83. The van der Waals surface area contributed by atoms with Crippen molar-refractivity contribution in [2.75, 3.05) is 0 Å². The summed E-state index contributed by atoms with van der Waals surface area (Å²) in [4.78, 5) is 8.55. The van der Waals surface area contributed by atoms with Crippen LogP contribution in [0.25, 0.3) is 11.0 Å². The highest BCUT2D eigenvalue weighted by molar-refractivity contribution is 5.75. The Hall–Kier alpha value is -2.61. The van der Waals surface area contributed by atoms with E-state index in [4.69, 9.17) is 5.26 Å². The van der Waals surface area contributed by atoms with Crippen LogP contribution >= 0.6 is 0 Å². The molecule has 0 N–H and O–H groups in total. The molecule has 0 atom stereocenters. The van der Waals surface area contributed by atoms with Crippen molar-refractivity contribution in [2.45, 2.75) is 19.5 Å². The fourth-order valence-corrected chi connectivity index (χ4v) is 2.22. The second kappa shape index (κ2) is 4.94. The van der Waals surface area contributed by atoms with Crippen LogP contribution in [0.1, 0.15) is 5.82 Å². The molecule has 19 heavy (non-hydrogen) atoms. The van der Waals surface area contributed by atoms with Gasteiger partial charge >= 0.3 is 0 Å². The van der Waals surface area contributed by atoms with Crippen molar-refractivity contribution in [1.82, 2.24) is 19.1 Å². The van der Waals surface area contributed by atoms with E-state index in [1.165, 1.54) is 0 Å². The van der Waals surface area contributed by atoms with Gasteiger partial charge in [0.25, 0.3) is 0 Å². The number of imidazole rings is 2. The highest BCUT2D eigenvalue weighted by Crippen LogP contribution is 2.16. The molecule has 0 amide bonds. The van der Waals surface area contributed by atoms with Crippen LogP contribution in [0.15, 0.2) is 43.0 Å².